The molecule has 2 rings (SSSR count). The number of aryl methyl sites for hydroxylation is 1. The molecule has 0 saturated carbocycles. The Balaban J connectivity index is 2.02. The molecular formula is C14H20N2O2S. The van der Waals surface area contributed by atoms with Crippen molar-refractivity contribution in [3.05, 3.63) is 21.9 Å². The van der Waals surface area contributed by atoms with E-state index in [1.54, 1.807) is 4.90 Å². The summed E-state index contributed by atoms with van der Waals surface area (Å²) in [4.78, 5) is 29.8. The fraction of sp³-hybridized carbons (Fsp3) is 0.571. The van der Waals surface area contributed by atoms with Crippen LogP contribution in [0.25, 0.3) is 0 Å². The number of carbonyl (C=O) groups excluding carboxylic acids is 2. The Labute approximate surface area is 118 Å². The van der Waals surface area contributed by atoms with Gasteiger partial charge in [-0.2, -0.15) is 0 Å². The first-order valence-corrected chi connectivity index (χ1v) is 7.57. The van der Waals surface area contributed by atoms with E-state index in [4.69, 9.17) is 0 Å². The first kappa shape index (κ1) is 14.1. The number of carbonyl (C=O) groups is 2. The van der Waals surface area contributed by atoms with Gasteiger partial charge in [0.25, 0.3) is 5.91 Å². The van der Waals surface area contributed by atoms with Gasteiger partial charge in [0.1, 0.15) is 0 Å². The molecule has 1 aliphatic rings. The summed E-state index contributed by atoms with van der Waals surface area (Å²) in [5, 5.41) is 0. The van der Waals surface area contributed by atoms with E-state index < -0.39 is 0 Å². The summed E-state index contributed by atoms with van der Waals surface area (Å²) >= 11 is 1.52. The Morgan fingerprint density at radius 3 is 2.74 bits per heavy atom. The van der Waals surface area contributed by atoms with E-state index in [-0.39, 0.29) is 11.8 Å². The molecule has 2 heterocycles. The molecule has 1 aromatic rings. The van der Waals surface area contributed by atoms with Crippen LogP contribution in [0.15, 0.2) is 12.1 Å². The summed E-state index contributed by atoms with van der Waals surface area (Å²) in [5.74, 6) is 0.226. The average Bonchev–Trinajstić information content (AvgIpc) is 2.74. The van der Waals surface area contributed by atoms with Crippen molar-refractivity contribution in [2.24, 2.45) is 0 Å². The lowest BCUT2D eigenvalue weighted by Gasteiger charge is -2.21. The van der Waals surface area contributed by atoms with Crippen molar-refractivity contribution in [3.63, 3.8) is 0 Å². The summed E-state index contributed by atoms with van der Waals surface area (Å²) < 4.78 is 0. The van der Waals surface area contributed by atoms with Crippen LogP contribution < -0.4 is 0 Å². The molecule has 2 amide bonds. The molecule has 0 unspecified atom stereocenters. The number of nitrogens with zero attached hydrogens (tertiary/aromatic N) is 2. The van der Waals surface area contributed by atoms with Gasteiger partial charge >= 0.3 is 0 Å². The molecule has 0 atom stereocenters. The molecule has 1 fully saturated rings. The van der Waals surface area contributed by atoms with Crippen LogP contribution >= 0.6 is 11.3 Å². The lowest BCUT2D eigenvalue weighted by molar-refractivity contribution is -0.130. The van der Waals surface area contributed by atoms with Gasteiger partial charge in [0.05, 0.1) is 4.88 Å². The largest absolute Gasteiger partial charge is 0.341 e. The lowest BCUT2D eigenvalue weighted by Crippen LogP contribution is -2.35. The number of rotatable bonds is 3. The first-order valence-electron chi connectivity index (χ1n) is 6.75. The van der Waals surface area contributed by atoms with Crippen molar-refractivity contribution in [2.75, 3.05) is 26.2 Å². The number of hydrogen-bond donors (Lipinski definition) is 0. The maximum absolute atomic E-state index is 12.3. The Morgan fingerprint density at radius 1 is 1.32 bits per heavy atom. The van der Waals surface area contributed by atoms with Crippen molar-refractivity contribution in [2.45, 2.75) is 26.7 Å². The quantitative estimate of drug-likeness (QED) is 0.851. The second-order valence-corrected chi connectivity index (χ2v) is 6.12. The van der Waals surface area contributed by atoms with Gasteiger partial charge in [0.15, 0.2) is 0 Å². The molecule has 0 spiro atoms. The lowest BCUT2D eigenvalue weighted by atomic mass is 10.3. The highest BCUT2D eigenvalue weighted by molar-refractivity contribution is 7.13. The Kier molecular flexibility index (Phi) is 4.58. The van der Waals surface area contributed by atoms with Gasteiger partial charge in [0, 0.05) is 37.5 Å². The smallest absolute Gasteiger partial charge is 0.264 e. The summed E-state index contributed by atoms with van der Waals surface area (Å²) in [6, 6.07) is 3.84. The summed E-state index contributed by atoms with van der Waals surface area (Å²) in [7, 11) is 0. The van der Waals surface area contributed by atoms with Gasteiger partial charge in [-0.15, -0.1) is 11.3 Å². The van der Waals surface area contributed by atoms with Crippen molar-refractivity contribution >= 4 is 23.2 Å². The van der Waals surface area contributed by atoms with Crippen LogP contribution in [0.5, 0.6) is 0 Å². The molecule has 1 saturated heterocycles. The van der Waals surface area contributed by atoms with Crippen LogP contribution in [0, 0.1) is 6.92 Å². The summed E-state index contributed by atoms with van der Waals surface area (Å²) in [6.45, 7) is 6.68. The molecule has 19 heavy (non-hydrogen) atoms. The first-order chi connectivity index (χ1) is 9.11. The zero-order valence-corrected chi connectivity index (χ0v) is 12.3. The number of hydrogen-bond acceptors (Lipinski definition) is 3. The van der Waals surface area contributed by atoms with Gasteiger partial charge in [-0.3, -0.25) is 9.59 Å². The molecule has 1 aliphatic heterocycles. The predicted molar refractivity (Wildman–Crippen MR) is 76.4 cm³/mol. The molecule has 5 heteroatoms. The monoisotopic (exact) mass is 280 g/mol. The number of amides is 2. The average molecular weight is 280 g/mol. The Morgan fingerprint density at radius 2 is 2.11 bits per heavy atom. The van der Waals surface area contributed by atoms with Crippen LogP contribution in [-0.2, 0) is 4.79 Å². The molecule has 0 radical (unpaired) electrons. The minimum atomic E-state index is 0.0595. The van der Waals surface area contributed by atoms with E-state index in [0.717, 1.165) is 22.7 Å². The zero-order chi connectivity index (χ0) is 13.8. The molecule has 0 aliphatic carbocycles. The SMILES string of the molecule is CCCN1CCN(C(=O)c2ccc(C)s2)CCC1=O. The van der Waals surface area contributed by atoms with E-state index in [2.05, 4.69) is 6.92 Å². The van der Waals surface area contributed by atoms with Crippen LogP contribution in [0.2, 0.25) is 0 Å². The normalized spacial score (nSPS) is 16.6. The molecular weight excluding hydrogens is 260 g/mol. The molecule has 0 bridgehead atoms. The van der Waals surface area contributed by atoms with Gasteiger partial charge in [-0.05, 0) is 25.5 Å². The second-order valence-electron chi connectivity index (χ2n) is 4.83. The maximum Gasteiger partial charge on any atom is 0.264 e. The van der Waals surface area contributed by atoms with E-state index in [1.807, 2.05) is 24.0 Å². The third-order valence-electron chi connectivity index (χ3n) is 3.32. The van der Waals surface area contributed by atoms with Crippen molar-refractivity contribution in [1.29, 1.82) is 0 Å². The maximum atomic E-state index is 12.3. The predicted octanol–water partition coefficient (Wildman–Crippen LogP) is 2.14. The molecule has 4 nitrogen and oxygen atoms in total. The summed E-state index contributed by atoms with van der Waals surface area (Å²) in [5.41, 5.74) is 0. The van der Waals surface area contributed by atoms with Crippen LogP contribution in [0.1, 0.15) is 34.3 Å². The molecule has 1 aromatic heterocycles. The van der Waals surface area contributed by atoms with Crippen molar-refractivity contribution < 1.29 is 9.59 Å². The van der Waals surface area contributed by atoms with E-state index in [1.165, 1.54) is 11.3 Å². The van der Waals surface area contributed by atoms with E-state index >= 15 is 0 Å². The fourth-order valence-electron chi connectivity index (χ4n) is 2.28. The second kappa shape index (κ2) is 6.19. The van der Waals surface area contributed by atoms with Gasteiger partial charge < -0.3 is 9.80 Å². The van der Waals surface area contributed by atoms with Gasteiger partial charge in [-0.1, -0.05) is 6.92 Å². The summed E-state index contributed by atoms with van der Waals surface area (Å²) in [6.07, 6.45) is 1.40. The van der Waals surface area contributed by atoms with Gasteiger partial charge in [-0.25, -0.2) is 0 Å². The Bertz CT molecular complexity index is 470. The minimum Gasteiger partial charge on any atom is -0.341 e. The van der Waals surface area contributed by atoms with Gasteiger partial charge in [0.2, 0.25) is 5.91 Å². The molecule has 104 valence electrons. The highest BCUT2D eigenvalue weighted by Gasteiger charge is 2.24. The van der Waals surface area contributed by atoms with Crippen LogP contribution in [0.3, 0.4) is 0 Å². The highest BCUT2D eigenvalue weighted by Crippen LogP contribution is 2.18. The molecule has 0 N–H and O–H groups in total. The van der Waals surface area contributed by atoms with E-state index in [0.29, 0.717) is 26.1 Å². The third kappa shape index (κ3) is 3.35. The Hall–Kier alpha value is -1.36. The van der Waals surface area contributed by atoms with Crippen molar-refractivity contribution in [1.82, 2.24) is 9.80 Å². The zero-order valence-electron chi connectivity index (χ0n) is 11.5. The van der Waals surface area contributed by atoms with Crippen molar-refractivity contribution in [3.8, 4) is 0 Å². The fourth-order valence-corrected chi connectivity index (χ4v) is 3.12. The topological polar surface area (TPSA) is 40.6 Å². The third-order valence-corrected chi connectivity index (χ3v) is 4.31. The van der Waals surface area contributed by atoms with Crippen LogP contribution in [0.4, 0.5) is 0 Å². The molecule has 0 aromatic carbocycles. The number of thiophene rings is 1. The van der Waals surface area contributed by atoms with E-state index in [9.17, 15) is 9.59 Å². The standard InChI is InChI=1S/C14H20N2O2S/c1-3-7-15-9-10-16(8-6-13(15)17)14(18)12-5-4-11(2)19-12/h4-5H,3,6-10H2,1-2H3. The van der Waals surface area contributed by atoms with Crippen LogP contribution in [-0.4, -0.2) is 47.8 Å². The minimum absolute atomic E-state index is 0.0595. The highest BCUT2D eigenvalue weighted by atomic mass is 32.1.